The minimum Gasteiger partial charge on any atom is -0.493 e. The van der Waals surface area contributed by atoms with E-state index in [0.717, 1.165) is 0 Å². The van der Waals surface area contributed by atoms with Crippen LogP contribution < -0.4 is 9.47 Å². The Balaban J connectivity index is 2.87. The number of halogens is 1. The maximum absolute atomic E-state index is 12.3. The minimum absolute atomic E-state index is 0.0350. The summed E-state index contributed by atoms with van der Waals surface area (Å²) < 4.78 is 11.0. The summed E-state index contributed by atoms with van der Waals surface area (Å²) in [5.41, 5.74) is 0.442. The molecule has 0 heterocycles. The molecule has 1 aromatic rings. The van der Waals surface area contributed by atoms with Gasteiger partial charge in [-0.25, -0.2) is 0 Å². The van der Waals surface area contributed by atoms with Crippen LogP contribution in [-0.4, -0.2) is 49.7 Å². The lowest BCUT2D eigenvalue weighted by Crippen LogP contribution is -2.28. The van der Waals surface area contributed by atoms with Crippen LogP contribution in [0.4, 0.5) is 0 Å². The minimum atomic E-state index is -0.871. The van der Waals surface area contributed by atoms with Gasteiger partial charge in [0.1, 0.15) is 0 Å². The van der Waals surface area contributed by atoms with E-state index < -0.39 is 5.97 Å². The average Bonchev–Trinajstić information content (AvgIpc) is 2.44. The maximum Gasteiger partial charge on any atom is 0.303 e. The number of carboxylic acid groups (broad SMARTS) is 1. The van der Waals surface area contributed by atoms with Gasteiger partial charge in [0.15, 0.2) is 11.5 Å². The first-order chi connectivity index (χ1) is 9.90. The van der Waals surface area contributed by atoms with Crippen LogP contribution in [0.5, 0.6) is 11.5 Å². The highest BCUT2D eigenvalue weighted by Crippen LogP contribution is 2.36. The number of amides is 1. The molecule has 0 atom stereocenters. The quantitative estimate of drug-likeness (QED) is 0.808. The van der Waals surface area contributed by atoms with Gasteiger partial charge in [-0.1, -0.05) is 0 Å². The van der Waals surface area contributed by atoms with E-state index in [-0.39, 0.29) is 12.3 Å². The Kier molecular flexibility index (Phi) is 6.48. The molecule has 116 valence electrons. The van der Waals surface area contributed by atoms with Crippen LogP contribution in [0.1, 0.15) is 23.2 Å². The zero-order chi connectivity index (χ0) is 16.0. The molecule has 0 aliphatic heterocycles. The number of carbonyl (C=O) groups is 2. The second kappa shape index (κ2) is 7.87. The van der Waals surface area contributed by atoms with Crippen molar-refractivity contribution in [3.8, 4) is 11.5 Å². The lowest BCUT2D eigenvalue weighted by molar-refractivity contribution is -0.137. The second-order valence-corrected chi connectivity index (χ2v) is 5.27. The number of rotatable bonds is 7. The summed E-state index contributed by atoms with van der Waals surface area (Å²) in [6.45, 7) is 0.372. The molecule has 0 fully saturated rings. The van der Waals surface area contributed by atoms with Crippen molar-refractivity contribution < 1.29 is 24.2 Å². The van der Waals surface area contributed by atoms with E-state index in [1.54, 1.807) is 19.2 Å². The molecule has 0 spiro atoms. The third-order valence-corrected chi connectivity index (χ3v) is 3.50. The highest BCUT2D eigenvalue weighted by molar-refractivity contribution is 9.10. The highest BCUT2D eigenvalue weighted by atomic mass is 79.9. The number of ether oxygens (including phenoxy) is 2. The van der Waals surface area contributed by atoms with E-state index in [2.05, 4.69) is 15.9 Å². The van der Waals surface area contributed by atoms with Crippen molar-refractivity contribution in [1.29, 1.82) is 0 Å². The molecule has 7 heteroatoms. The molecule has 1 amide bonds. The van der Waals surface area contributed by atoms with E-state index in [1.165, 1.54) is 19.1 Å². The van der Waals surface area contributed by atoms with Gasteiger partial charge in [-0.15, -0.1) is 0 Å². The summed E-state index contributed by atoms with van der Waals surface area (Å²) in [6, 6.07) is 3.25. The average molecular weight is 360 g/mol. The number of aliphatic carboxylic acids is 1. The summed E-state index contributed by atoms with van der Waals surface area (Å²) in [5.74, 6) is -0.108. The van der Waals surface area contributed by atoms with Gasteiger partial charge in [0.25, 0.3) is 5.91 Å². The van der Waals surface area contributed by atoms with Crippen LogP contribution in [0.15, 0.2) is 16.6 Å². The molecule has 0 aliphatic carbocycles. The predicted molar refractivity (Wildman–Crippen MR) is 81.1 cm³/mol. The Bertz CT molecular complexity index is 532. The lowest BCUT2D eigenvalue weighted by atomic mass is 10.1. The van der Waals surface area contributed by atoms with Crippen molar-refractivity contribution in [3.05, 3.63) is 22.2 Å². The standard InChI is InChI=1S/C14H18BrNO5/c1-16(6-4-5-12(17)18)14(19)9-7-10(15)13(21-3)11(8-9)20-2/h7-8H,4-6H2,1-3H3,(H,17,18). The molecule has 6 nitrogen and oxygen atoms in total. The molecule has 0 bridgehead atoms. The Labute approximate surface area is 131 Å². The number of carboxylic acids is 1. The molecule has 0 saturated carbocycles. The van der Waals surface area contributed by atoms with Crippen LogP contribution in [0.3, 0.4) is 0 Å². The number of hydrogen-bond donors (Lipinski definition) is 1. The van der Waals surface area contributed by atoms with Crippen molar-refractivity contribution >= 4 is 27.8 Å². The van der Waals surface area contributed by atoms with Gasteiger partial charge < -0.3 is 19.5 Å². The van der Waals surface area contributed by atoms with Gasteiger partial charge in [0.2, 0.25) is 0 Å². The number of methoxy groups -OCH3 is 2. The van der Waals surface area contributed by atoms with Gasteiger partial charge in [0.05, 0.1) is 18.7 Å². The Hall–Kier alpha value is -1.76. The molecular weight excluding hydrogens is 342 g/mol. The highest BCUT2D eigenvalue weighted by Gasteiger charge is 2.17. The molecule has 0 aromatic heterocycles. The fraction of sp³-hybridized carbons (Fsp3) is 0.429. The molecule has 0 unspecified atom stereocenters. The fourth-order valence-corrected chi connectivity index (χ4v) is 2.43. The first kappa shape index (κ1) is 17.3. The van der Waals surface area contributed by atoms with Crippen LogP contribution in [-0.2, 0) is 4.79 Å². The number of carbonyl (C=O) groups excluding carboxylic acids is 1. The fourth-order valence-electron chi connectivity index (χ4n) is 1.83. The molecule has 1 N–H and O–H groups in total. The summed E-state index contributed by atoms with van der Waals surface area (Å²) >= 11 is 3.33. The molecule has 1 rings (SSSR count). The van der Waals surface area contributed by atoms with E-state index in [1.807, 2.05) is 0 Å². The third-order valence-electron chi connectivity index (χ3n) is 2.91. The second-order valence-electron chi connectivity index (χ2n) is 4.42. The van der Waals surface area contributed by atoms with E-state index in [9.17, 15) is 9.59 Å². The number of benzene rings is 1. The number of hydrogen-bond acceptors (Lipinski definition) is 4. The van der Waals surface area contributed by atoms with Crippen molar-refractivity contribution in [2.45, 2.75) is 12.8 Å². The Morgan fingerprint density at radius 2 is 1.95 bits per heavy atom. The Morgan fingerprint density at radius 1 is 1.29 bits per heavy atom. The molecule has 0 aliphatic rings. The van der Waals surface area contributed by atoms with E-state index in [0.29, 0.717) is 34.5 Å². The SMILES string of the molecule is COc1cc(C(=O)N(C)CCCC(=O)O)cc(Br)c1OC. The molecule has 1 aromatic carbocycles. The maximum atomic E-state index is 12.3. The van der Waals surface area contributed by atoms with Gasteiger partial charge in [-0.2, -0.15) is 0 Å². The third kappa shape index (κ3) is 4.63. The van der Waals surface area contributed by atoms with Crippen LogP contribution in [0, 0.1) is 0 Å². The van der Waals surface area contributed by atoms with Crippen LogP contribution in [0.25, 0.3) is 0 Å². The van der Waals surface area contributed by atoms with Crippen molar-refractivity contribution in [2.75, 3.05) is 27.8 Å². The van der Waals surface area contributed by atoms with E-state index in [4.69, 9.17) is 14.6 Å². The monoisotopic (exact) mass is 359 g/mol. The van der Waals surface area contributed by atoms with Crippen LogP contribution >= 0.6 is 15.9 Å². The molecule has 0 saturated heterocycles. The summed E-state index contributed by atoms with van der Waals surface area (Å²) in [7, 11) is 4.64. The first-order valence-corrected chi connectivity index (χ1v) is 7.08. The summed E-state index contributed by atoms with van der Waals surface area (Å²) in [5, 5.41) is 8.60. The Morgan fingerprint density at radius 3 is 2.48 bits per heavy atom. The van der Waals surface area contributed by atoms with E-state index >= 15 is 0 Å². The normalized spacial score (nSPS) is 10.1. The summed E-state index contributed by atoms with van der Waals surface area (Å²) in [4.78, 5) is 24.3. The number of nitrogens with zero attached hydrogens (tertiary/aromatic N) is 1. The topological polar surface area (TPSA) is 76.1 Å². The van der Waals surface area contributed by atoms with Crippen molar-refractivity contribution in [3.63, 3.8) is 0 Å². The van der Waals surface area contributed by atoms with Crippen molar-refractivity contribution in [2.24, 2.45) is 0 Å². The predicted octanol–water partition coefficient (Wildman–Crippen LogP) is 2.40. The summed E-state index contributed by atoms with van der Waals surface area (Å²) in [6.07, 6.45) is 0.444. The molecule has 21 heavy (non-hydrogen) atoms. The van der Waals surface area contributed by atoms with Gasteiger partial charge in [-0.05, 0) is 34.5 Å². The van der Waals surface area contributed by atoms with Crippen molar-refractivity contribution in [1.82, 2.24) is 4.90 Å². The van der Waals surface area contributed by atoms with Gasteiger partial charge >= 0.3 is 5.97 Å². The molecular formula is C14H18BrNO5. The first-order valence-electron chi connectivity index (χ1n) is 6.29. The van der Waals surface area contributed by atoms with Crippen LogP contribution in [0.2, 0.25) is 0 Å². The smallest absolute Gasteiger partial charge is 0.303 e. The largest absolute Gasteiger partial charge is 0.493 e. The molecule has 0 radical (unpaired) electrons. The lowest BCUT2D eigenvalue weighted by Gasteiger charge is -2.18. The van der Waals surface area contributed by atoms with Gasteiger partial charge in [-0.3, -0.25) is 9.59 Å². The van der Waals surface area contributed by atoms with Gasteiger partial charge in [0, 0.05) is 25.6 Å². The zero-order valence-corrected chi connectivity index (χ0v) is 13.8. The zero-order valence-electron chi connectivity index (χ0n) is 12.2.